The topological polar surface area (TPSA) is 68.0 Å². The summed E-state index contributed by atoms with van der Waals surface area (Å²) in [5, 5.41) is 2.02. The van der Waals surface area contributed by atoms with Crippen LogP contribution in [0, 0.1) is 6.92 Å². The second kappa shape index (κ2) is 8.12. The van der Waals surface area contributed by atoms with Gasteiger partial charge in [-0.1, -0.05) is 18.2 Å². The SMILES string of the molecule is Cc1oc(-c2cccs2)nc1CN1CCN(C(=O)C2COc3ccccc3O2)CC1. The summed E-state index contributed by atoms with van der Waals surface area (Å²) < 4.78 is 17.4. The smallest absolute Gasteiger partial charge is 0.267 e. The number of hydrogen-bond acceptors (Lipinski definition) is 7. The van der Waals surface area contributed by atoms with Gasteiger partial charge in [0.1, 0.15) is 12.4 Å². The van der Waals surface area contributed by atoms with Crippen molar-refractivity contribution in [1.82, 2.24) is 14.8 Å². The van der Waals surface area contributed by atoms with Gasteiger partial charge in [-0.15, -0.1) is 11.3 Å². The van der Waals surface area contributed by atoms with Crippen LogP contribution in [-0.2, 0) is 11.3 Å². The van der Waals surface area contributed by atoms with E-state index in [0.717, 1.165) is 36.0 Å². The lowest BCUT2D eigenvalue weighted by Crippen LogP contribution is -2.53. The number of fused-ring (bicyclic) bond motifs is 1. The van der Waals surface area contributed by atoms with Crippen molar-refractivity contribution in [1.29, 1.82) is 0 Å². The molecule has 1 unspecified atom stereocenters. The molecular weight excluding hydrogens is 402 g/mol. The number of oxazole rings is 1. The first kappa shape index (κ1) is 19.1. The Bertz CT molecular complexity index is 1020. The molecule has 1 aromatic carbocycles. The van der Waals surface area contributed by atoms with Crippen molar-refractivity contribution >= 4 is 17.2 Å². The van der Waals surface area contributed by atoms with Crippen LogP contribution >= 0.6 is 11.3 Å². The molecule has 2 aliphatic rings. The molecule has 7 nitrogen and oxygen atoms in total. The Kier molecular flexibility index (Phi) is 5.18. The maximum absolute atomic E-state index is 12.9. The largest absolute Gasteiger partial charge is 0.485 e. The van der Waals surface area contributed by atoms with Crippen LogP contribution in [0.25, 0.3) is 10.8 Å². The van der Waals surface area contributed by atoms with Crippen LogP contribution in [0.3, 0.4) is 0 Å². The third-order valence-corrected chi connectivity index (χ3v) is 6.32. The van der Waals surface area contributed by atoms with E-state index in [1.807, 2.05) is 53.6 Å². The van der Waals surface area contributed by atoms with Crippen molar-refractivity contribution in [3.63, 3.8) is 0 Å². The Balaban J connectivity index is 1.17. The molecule has 4 heterocycles. The zero-order valence-corrected chi connectivity index (χ0v) is 17.6. The molecule has 3 aromatic rings. The van der Waals surface area contributed by atoms with Crippen LogP contribution in [-0.4, -0.2) is 59.6 Å². The van der Waals surface area contributed by atoms with Crippen molar-refractivity contribution in [3.8, 4) is 22.3 Å². The minimum absolute atomic E-state index is 0.0123. The Morgan fingerprint density at radius 1 is 1.13 bits per heavy atom. The first-order chi connectivity index (χ1) is 14.7. The van der Waals surface area contributed by atoms with E-state index in [-0.39, 0.29) is 12.5 Å². The Labute approximate surface area is 178 Å². The molecule has 1 fully saturated rings. The number of aryl methyl sites for hydroxylation is 1. The summed E-state index contributed by atoms with van der Waals surface area (Å²) in [5.41, 5.74) is 0.957. The monoisotopic (exact) mass is 425 g/mol. The first-order valence-corrected chi connectivity index (χ1v) is 10.9. The summed E-state index contributed by atoms with van der Waals surface area (Å²) in [6, 6.07) is 11.5. The van der Waals surface area contributed by atoms with Gasteiger partial charge >= 0.3 is 0 Å². The number of amides is 1. The summed E-state index contributed by atoms with van der Waals surface area (Å²) in [4.78, 5) is 22.8. The minimum Gasteiger partial charge on any atom is -0.485 e. The summed E-state index contributed by atoms with van der Waals surface area (Å²) in [6.07, 6.45) is -0.586. The molecule has 0 saturated carbocycles. The number of thiophene rings is 1. The summed E-state index contributed by atoms with van der Waals surface area (Å²) in [5.74, 6) is 2.84. The number of para-hydroxylation sites is 2. The van der Waals surface area contributed by atoms with Crippen molar-refractivity contribution in [2.24, 2.45) is 0 Å². The van der Waals surface area contributed by atoms with Gasteiger partial charge in [-0.2, -0.15) is 0 Å². The second-order valence-corrected chi connectivity index (χ2v) is 8.41. The lowest BCUT2D eigenvalue weighted by molar-refractivity contribution is -0.143. The zero-order chi connectivity index (χ0) is 20.5. The molecule has 0 spiro atoms. The lowest BCUT2D eigenvalue weighted by Gasteiger charge is -2.36. The van der Waals surface area contributed by atoms with Gasteiger partial charge in [0.15, 0.2) is 11.5 Å². The lowest BCUT2D eigenvalue weighted by atomic mass is 10.2. The molecule has 1 atom stereocenters. The number of carbonyl (C=O) groups is 1. The maximum atomic E-state index is 12.9. The molecule has 30 heavy (non-hydrogen) atoms. The van der Waals surface area contributed by atoms with Crippen molar-refractivity contribution in [3.05, 3.63) is 53.2 Å². The molecule has 1 saturated heterocycles. The zero-order valence-electron chi connectivity index (χ0n) is 16.7. The van der Waals surface area contributed by atoms with Gasteiger partial charge in [-0.05, 0) is 30.5 Å². The van der Waals surface area contributed by atoms with Gasteiger partial charge in [-0.3, -0.25) is 9.69 Å². The second-order valence-electron chi connectivity index (χ2n) is 7.46. The summed E-state index contributed by atoms with van der Waals surface area (Å²) in [6.45, 7) is 5.83. The van der Waals surface area contributed by atoms with Crippen LogP contribution in [0.5, 0.6) is 11.5 Å². The van der Waals surface area contributed by atoms with Gasteiger partial charge in [0.05, 0.1) is 10.6 Å². The average Bonchev–Trinajstić information content (AvgIpc) is 3.44. The molecule has 0 N–H and O–H groups in total. The van der Waals surface area contributed by atoms with Crippen LogP contribution in [0.2, 0.25) is 0 Å². The van der Waals surface area contributed by atoms with Crippen molar-refractivity contribution in [2.75, 3.05) is 32.8 Å². The van der Waals surface area contributed by atoms with Gasteiger partial charge in [0, 0.05) is 32.7 Å². The van der Waals surface area contributed by atoms with Crippen LogP contribution < -0.4 is 9.47 Å². The summed E-state index contributed by atoms with van der Waals surface area (Å²) >= 11 is 1.62. The molecule has 1 amide bonds. The van der Waals surface area contributed by atoms with E-state index >= 15 is 0 Å². The molecule has 2 aromatic heterocycles. The molecule has 8 heteroatoms. The first-order valence-electron chi connectivity index (χ1n) is 10.1. The van der Waals surface area contributed by atoms with Crippen LogP contribution in [0.4, 0.5) is 0 Å². The standard InChI is InChI=1S/C22H23N3O4S/c1-15-16(23-21(28-15)20-7-4-12-30-20)13-24-8-10-25(11-9-24)22(26)19-14-27-17-5-2-3-6-18(17)29-19/h2-7,12,19H,8-11,13-14H2,1H3. The Morgan fingerprint density at radius 2 is 1.93 bits per heavy atom. The maximum Gasteiger partial charge on any atom is 0.267 e. The number of rotatable bonds is 4. The van der Waals surface area contributed by atoms with Gasteiger partial charge in [0.2, 0.25) is 12.0 Å². The molecule has 156 valence electrons. The van der Waals surface area contributed by atoms with Crippen molar-refractivity contribution in [2.45, 2.75) is 19.6 Å². The number of carbonyl (C=O) groups excluding carboxylic acids is 1. The summed E-state index contributed by atoms with van der Waals surface area (Å²) in [7, 11) is 0. The third kappa shape index (κ3) is 3.80. The van der Waals surface area contributed by atoms with E-state index in [0.29, 0.717) is 30.5 Å². The number of benzene rings is 1. The third-order valence-electron chi connectivity index (χ3n) is 5.47. The van der Waals surface area contributed by atoms with E-state index in [1.165, 1.54) is 0 Å². The Morgan fingerprint density at radius 3 is 2.70 bits per heavy atom. The number of hydrogen-bond donors (Lipinski definition) is 0. The highest BCUT2D eigenvalue weighted by atomic mass is 32.1. The van der Waals surface area contributed by atoms with E-state index in [9.17, 15) is 4.79 Å². The van der Waals surface area contributed by atoms with Gasteiger partial charge in [0.25, 0.3) is 5.91 Å². The molecule has 0 bridgehead atoms. The minimum atomic E-state index is -0.586. The quantitative estimate of drug-likeness (QED) is 0.640. The molecule has 0 aliphatic carbocycles. The average molecular weight is 426 g/mol. The van der Waals surface area contributed by atoms with Crippen molar-refractivity contribution < 1.29 is 18.7 Å². The van der Waals surface area contributed by atoms with E-state index in [2.05, 4.69) is 9.88 Å². The fraction of sp³-hybridized carbons (Fsp3) is 0.364. The van der Waals surface area contributed by atoms with Gasteiger partial charge in [-0.25, -0.2) is 4.98 Å². The molecule has 0 radical (unpaired) electrons. The fourth-order valence-corrected chi connectivity index (χ4v) is 4.41. The Hall–Kier alpha value is -2.84. The highest BCUT2D eigenvalue weighted by Crippen LogP contribution is 2.31. The molecule has 5 rings (SSSR count). The van der Waals surface area contributed by atoms with E-state index in [4.69, 9.17) is 13.9 Å². The highest BCUT2D eigenvalue weighted by molar-refractivity contribution is 7.13. The van der Waals surface area contributed by atoms with E-state index in [1.54, 1.807) is 11.3 Å². The van der Waals surface area contributed by atoms with Gasteiger partial charge < -0.3 is 18.8 Å². The number of ether oxygens (including phenoxy) is 2. The van der Waals surface area contributed by atoms with Crippen LogP contribution in [0.15, 0.2) is 46.2 Å². The predicted octanol–water partition coefficient (Wildman–Crippen LogP) is 3.20. The highest BCUT2D eigenvalue weighted by Gasteiger charge is 2.32. The van der Waals surface area contributed by atoms with Crippen LogP contribution in [0.1, 0.15) is 11.5 Å². The fourth-order valence-electron chi connectivity index (χ4n) is 3.76. The number of aromatic nitrogens is 1. The normalized spacial score (nSPS) is 19.1. The molecule has 2 aliphatic heterocycles. The number of piperazine rings is 1. The van der Waals surface area contributed by atoms with E-state index < -0.39 is 6.10 Å². The number of nitrogens with zero attached hydrogens (tertiary/aromatic N) is 3. The predicted molar refractivity (Wildman–Crippen MR) is 113 cm³/mol. The molecular formula is C22H23N3O4S.